The highest BCUT2D eigenvalue weighted by Gasteiger charge is 2.59. The van der Waals surface area contributed by atoms with E-state index in [1.165, 1.54) is 37.5 Å². The zero-order chi connectivity index (χ0) is 19.5. The van der Waals surface area contributed by atoms with Crippen LogP contribution in [0.1, 0.15) is 24.0 Å². The van der Waals surface area contributed by atoms with Gasteiger partial charge < -0.3 is 9.84 Å². The average molecular weight is 373 g/mol. The normalized spacial score (nSPS) is 15.0. The van der Waals surface area contributed by atoms with Gasteiger partial charge in [-0.2, -0.15) is 13.2 Å². The summed E-state index contributed by atoms with van der Waals surface area (Å²) in [5.74, 6) is -0.565. The minimum atomic E-state index is -4.90. The molecule has 1 heterocycles. The van der Waals surface area contributed by atoms with Gasteiger partial charge in [-0.05, 0) is 35.9 Å². The molecule has 2 unspecified atom stereocenters. The molecule has 1 aromatic heterocycles. The smallest absolute Gasteiger partial charge is 0.422 e. The summed E-state index contributed by atoms with van der Waals surface area (Å²) in [5, 5.41) is 10.8. The van der Waals surface area contributed by atoms with E-state index in [0.29, 0.717) is 5.75 Å². The lowest BCUT2D eigenvalue weighted by Gasteiger charge is -2.37. The fourth-order valence-electron chi connectivity index (χ4n) is 3.04. The minimum absolute atomic E-state index is 0.248. The van der Waals surface area contributed by atoms with Crippen molar-refractivity contribution in [3.63, 3.8) is 0 Å². The topological polar surface area (TPSA) is 42.4 Å². The summed E-state index contributed by atoms with van der Waals surface area (Å²) in [6.45, 7) is 1.33. The third-order valence-electron chi connectivity index (χ3n) is 4.54. The number of benzene rings is 2. The molecule has 0 aliphatic heterocycles. The number of nitrogens with zero attached hydrogens (tertiary/aromatic N) is 1. The maximum absolute atomic E-state index is 14.0. The van der Waals surface area contributed by atoms with Crippen molar-refractivity contribution in [2.75, 3.05) is 0 Å². The second-order valence-corrected chi connectivity index (χ2v) is 6.17. The average Bonchev–Trinajstić information content (AvgIpc) is 2.68. The summed E-state index contributed by atoms with van der Waals surface area (Å²) in [6.07, 6.45) is -2.44. The van der Waals surface area contributed by atoms with Gasteiger partial charge in [0.25, 0.3) is 0 Å². The van der Waals surface area contributed by atoms with Crippen molar-refractivity contribution in [2.24, 2.45) is 0 Å². The fraction of sp³-hybridized carbons (Fsp3) is 0.190. The van der Waals surface area contributed by atoms with Gasteiger partial charge in [-0.15, -0.1) is 0 Å². The molecule has 2 aromatic carbocycles. The molecule has 0 saturated heterocycles. The first-order chi connectivity index (χ1) is 12.8. The number of aliphatic hydroxyl groups is 1. The highest BCUT2D eigenvalue weighted by atomic mass is 19.4. The third-order valence-corrected chi connectivity index (χ3v) is 4.54. The van der Waals surface area contributed by atoms with Crippen LogP contribution >= 0.6 is 0 Å². The summed E-state index contributed by atoms with van der Waals surface area (Å²) in [5.41, 5.74) is -3.11. The van der Waals surface area contributed by atoms with Crippen LogP contribution in [0.25, 0.3) is 0 Å². The Morgan fingerprint density at radius 2 is 1.48 bits per heavy atom. The molecular weight excluding hydrogens is 355 g/mol. The number of alkyl halides is 3. The van der Waals surface area contributed by atoms with Gasteiger partial charge in [0.05, 0.1) is 0 Å². The molecule has 3 nitrogen and oxygen atoms in total. The Labute approximate surface area is 155 Å². The van der Waals surface area contributed by atoms with Crippen LogP contribution in [0.15, 0.2) is 79.1 Å². The van der Waals surface area contributed by atoms with Crippen molar-refractivity contribution in [3.05, 3.63) is 90.3 Å². The van der Waals surface area contributed by atoms with Crippen molar-refractivity contribution in [3.8, 4) is 11.5 Å². The van der Waals surface area contributed by atoms with Crippen LogP contribution in [-0.4, -0.2) is 16.3 Å². The Balaban J connectivity index is 2.07. The van der Waals surface area contributed by atoms with Gasteiger partial charge in [0.15, 0.2) is 5.60 Å². The molecule has 0 bridgehead atoms. The zero-order valence-corrected chi connectivity index (χ0v) is 14.5. The lowest BCUT2D eigenvalue weighted by Crippen LogP contribution is -2.46. The highest BCUT2D eigenvalue weighted by molar-refractivity contribution is 5.43. The quantitative estimate of drug-likeness (QED) is 0.649. The van der Waals surface area contributed by atoms with Crippen molar-refractivity contribution in [2.45, 2.75) is 24.6 Å². The van der Waals surface area contributed by atoms with Crippen LogP contribution in [0.4, 0.5) is 13.2 Å². The van der Waals surface area contributed by atoms with E-state index in [4.69, 9.17) is 4.74 Å². The van der Waals surface area contributed by atoms with Crippen LogP contribution in [0, 0.1) is 0 Å². The lowest BCUT2D eigenvalue weighted by molar-refractivity contribution is -0.274. The molecule has 0 aliphatic carbocycles. The van der Waals surface area contributed by atoms with E-state index in [0.717, 1.165) is 0 Å². The molecule has 27 heavy (non-hydrogen) atoms. The maximum Gasteiger partial charge on any atom is 0.422 e. The number of halogens is 3. The molecular formula is C21H18F3NO2. The molecule has 0 aliphatic rings. The number of hydrogen-bond acceptors (Lipinski definition) is 3. The molecule has 3 rings (SSSR count). The first-order valence-electron chi connectivity index (χ1n) is 8.35. The van der Waals surface area contributed by atoms with Crippen LogP contribution in [0.2, 0.25) is 0 Å². The van der Waals surface area contributed by atoms with Gasteiger partial charge in [-0.1, -0.05) is 43.3 Å². The largest absolute Gasteiger partial charge is 0.457 e. The SMILES string of the molecule is CC(c1ccccc1Oc1ccccc1)C(O)(c1ccncc1)C(F)(F)F. The molecule has 0 spiro atoms. The summed E-state index contributed by atoms with van der Waals surface area (Å²) in [7, 11) is 0. The van der Waals surface area contributed by atoms with Crippen LogP contribution in [0.3, 0.4) is 0 Å². The van der Waals surface area contributed by atoms with Gasteiger partial charge >= 0.3 is 6.18 Å². The summed E-state index contributed by atoms with van der Waals surface area (Å²) < 4.78 is 47.7. The number of rotatable bonds is 5. The fourth-order valence-corrected chi connectivity index (χ4v) is 3.04. The van der Waals surface area contributed by atoms with Gasteiger partial charge in [-0.25, -0.2) is 0 Å². The third kappa shape index (κ3) is 3.66. The standard InChI is InChI=1S/C21H18F3NO2/c1-15(20(26,21(22,23)24)16-11-13-25-14-12-16)18-9-5-6-10-19(18)27-17-7-3-2-4-8-17/h2-15,26H,1H3. The number of para-hydroxylation sites is 2. The number of hydrogen-bond donors (Lipinski definition) is 1. The van der Waals surface area contributed by atoms with E-state index in [9.17, 15) is 18.3 Å². The monoisotopic (exact) mass is 373 g/mol. The molecule has 0 radical (unpaired) electrons. The minimum Gasteiger partial charge on any atom is -0.457 e. The first-order valence-corrected chi connectivity index (χ1v) is 8.35. The highest BCUT2D eigenvalue weighted by Crippen LogP contribution is 2.50. The van der Waals surface area contributed by atoms with Crippen LogP contribution in [0.5, 0.6) is 11.5 Å². The summed E-state index contributed by atoms with van der Waals surface area (Å²) >= 11 is 0. The van der Waals surface area contributed by atoms with Crippen molar-refractivity contribution in [1.82, 2.24) is 4.98 Å². The second-order valence-electron chi connectivity index (χ2n) is 6.17. The summed E-state index contributed by atoms with van der Waals surface area (Å²) in [6, 6.07) is 17.5. The first kappa shape index (κ1) is 18.9. The molecule has 0 saturated carbocycles. The lowest BCUT2D eigenvalue weighted by atomic mass is 9.78. The molecule has 0 fully saturated rings. The van der Waals surface area contributed by atoms with Crippen molar-refractivity contribution >= 4 is 0 Å². The predicted molar refractivity (Wildman–Crippen MR) is 95.6 cm³/mol. The van der Waals surface area contributed by atoms with Gasteiger partial charge in [0.1, 0.15) is 11.5 Å². The Hall–Kier alpha value is -2.86. The van der Waals surface area contributed by atoms with Crippen molar-refractivity contribution < 1.29 is 23.0 Å². The van der Waals surface area contributed by atoms with Gasteiger partial charge in [0, 0.05) is 23.9 Å². The van der Waals surface area contributed by atoms with E-state index in [1.54, 1.807) is 42.5 Å². The molecule has 1 N–H and O–H groups in total. The van der Waals surface area contributed by atoms with Crippen LogP contribution < -0.4 is 4.74 Å². The van der Waals surface area contributed by atoms with Gasteiger partial charge in [-0.3, -0.25) is 4.98 Å². The summed E-state index contributed by atoms with van der Waals surface area (Å²) in [4.78, 5) is 3.74. The molecule has 6 heteroatoms. The molecule has 3 aromatic rings. The Kier molecular flexibility index (Phi) is 5.19. The van der Waals surface area contributed by atoms with E-state index in [1.807, 2.05) is 6.07 Å². The van der Waals surface area contributed by atoms with E-state index in [-0.39, 0.29) is 16.9 Å². The Bertz CT molecular complexity index is 885. The van der Waals surface area contributed by atoms with Gasteiger partial charge in [0.2, 0.25) is 0 Å². The number of ether oxygens (including phenoxy) is 1. The maximum atomic E-state index is 14.0. The second kappa shape index (κ2) is 7.40. The predicted octanol–water partition coefficient (Wildman–Crippen LogP) is 5.43. The molecule has 2 atom stereocenters. The number of aromatic nitrogens is 1. The Morgan fingerprint density at radius 1 is 0.889 bits per heavy atom. The van der Waals surface area contributed by atoms with Crippen LogP contribution in [-0.2, 0) is 5.60 Å². The number of pyridine rings is 1. The molecule has 0 amide bonds. The van der Waals surface area contributed by atoms with E-state index < -0.39 is 17.7 Å². The zero-order valence-electron chi connectivity index (χ0n) is 14.5. The molecule has 140 valence electrons. The van der Waals surface area contributed by atoms with Crippen molar-refractivity contribution in [1.29, 1.82) is 0 Å². The van der Waals surface area contributed by atoms with E-state index >= 15 is 0 Å². The Morgan fingerprint density at radius 3 is 2.11 bits per heavy atom. The van der Waals surface area contributed by atoms with E-state index in [2.05, 4.69) is 4.98 Å².